The van der Waals surface area contributed by atoms with Crippen molar-refractivity contribution in [1.82, 2.24) is 5.32 Å². The van der Waals surface area contributed by atoms with Crippen LogP contribution < -0.4 is 11.1 Å². The van der Waals surface area contributed by atoms with Crippen LogP contribution in [0.2, 0.25) is 0 Å². The molecule has 1 aliphatic rings. The molecule has 1 aliphatic heterocycles. The Hall–Kier alpha value is -1.10. The van der Waals surface area contributed by atoms with Gasteiger partial charge in [0.25, 0.3) is 0 Å². The van der Waals surface area contributed by atoms with E-state index in [-0.39, 0.29) is 24.4 Å². The van der Waals surface area contributed by atoms with Crippen molar-refractivity contribution in [2.75, 3.05) is 19.8 Å². The molecule has 0 aliphatic carbocycles. The van der Waals surface area contributed by atoms with Gasteiger partial charge in [0.2, 0.25) is 5.91 Å². The van der Waals surface area contributed by atoms with Crippen molar-refractivity contribution in [3.63, 3.8) is 0 Å². The Balaban J connectivity index is 0.00000242. The summed E-state index contributed by atoms with van der Waals surface area (Å²) in [6.45, 7) is 7.81. The number of nitrogens with two attached hydrogens (primary N) is 1. The number of carbonyl (C=O) groups is 1. The summed E-state index contributed by atoms with van der Waals surface area (Å²) in [7, 11) is 0. The average molecular weight is 327 g/mol. The van der Waals surface area contributed by atoms with Crippen LogP contribution in [0.25, 0.3) is 0 Å². The van der Waals surface area contributed by atoms with Gasteiger partial charge in [0.15, 0.2) is 0 Å². The lowest BCUT2D eigenvalue weighted by atomic mass is 9.79. The topological polar surface area (TPSA) is 64.4 Å². The molecular weight excluding hydrogens is 300 g/mol. The van der Waals surface area contributed by atoms with Crippen molar-refractivity contribution < 1.29 is 9.53 Å². The van der Waals surface area contributed by atoms with E-state index < -0.39 is 5.41 Å². The van der Waals surface area contributed by atoms with Crippen LogP contribution in [0, 0.1) is 19.3 Å². The lowest BCUT2D eigenvalue weighted by molar-refractivity contribution is -0.136. The molecule has 0 bridgehead atoms. The van der Waals surface area contributed by atoms with Gasteiger partial charge < -0.3 is 15.8 Å². The molecule has 4 nitrogen and oxygen atoms in total. The second-order valence-electron chi connectivity index (χ2n) is 6.14. The highest BCUT2D eigenvalue weighted by atomic mass is 35.5. The fourth-order valence-electron chi connectivity index (χ4n) is 2.75. The highest BCUT2D eigenvalue weighted by Crippen LogP contribution is 2.30. The minimum Gasteiger partial charge on any atom is -0.381 e. The average Bonchev–Trinajstić information content (AvgIpc) is 2.50. The molecule has 22 heavy (non-hydrogen) atoms. The Bertz CT molecular complexity index is 513. The minimum atomic E-state index is -0.466. The van der Waals surface area contributed by atoms with Gasteiger partial charge >= 0.3 is 0 Å². The summed E-state index contributed by atoms with van der Waals surface area (Å²) in [6.07, 6.45) is 1.41. The molecule has 5 heteroatoms. The maximum Gasteiger partial charge on any atom is 0.228 e. The lowest BCUT2D eigenvalue weighted by Gasteiger charge is -2.35. The van der Waals surface area contributed by atoms with Gasteiger partial charge in [-0.15, -0.1) is 12.4 Å². The molecule has 0 radical (unpaired) electrons. The third kappa shape index (κ3) is 4.00. The quantitative estimate of drug-likeness (QED) is 0.894. The molecule has 1 amide bonds. The number of amides is 1. The molecule has 1 fully saturated rings. The van der Waals surface area contributed by atoms with E-state index in [0.717, 1.165) is 5.56 Å². The number of rotatable bonds is 4. The molecule has 1 aromatic rings. The maximum absolute atomic E-state index is 12.6. The normalized spacial score (nSPS) is 18.2. The SMILES string of the molecule is Cc1ccc(C(C)NC(=O)C2(CN)CCOCC2)cc1C.Cl. The van der Waals surface area contributed by atoms with Gasteiger partial charge in [-0.2, -0.15) is 0 Å². The number of benzene rings is 1. The highest BCUT2D eigenvalue weighted by Gasteiger charge is 2.39. The zero-order valence-corrected chi connectivity index (χ0v) is 14.5. The van der Waals surface area contributed by atoms with Crippen molar-refractivity contribution >= 4 is 18.3 Å². The van der Waals surface area contributed by atoms with Gasteiger partial charge in [-0.05, 0) is 50.3 Å². The summed E-state index contributed by atoms with van der Waals surface area (Å²) in [5.74, 6) is 0.0547. The molecule has 0 aromatic heterocycles. The van der Waals surface area contributed by atoms with Crippen molar-refractivity contribution in [1.29, 1.82) is 0 Å². The Kier molecular flexibility index (Phi) is 6.85. The van der Waals surface area contributed by atoms with Crippen LogP contribution in [-0.4, -0.2) is 25.7 Å². The number of nitrogens with one attached hydrogen (secondary N) is 1. The molecule has 1 atom stereocenters. The van der Waals surface area contributed by atoms with E-state index >= 15 is 0 Å². The van der Waals surface area contributed by atoms with Crippen molar-refractivity contribution in [2.45, 2.75) is 39.7 Å². The minimum absolute atomic E-state index is 0. The monoisotopic (exact) mass is 326 g/mol. The van der Waals surface area contributed by atoms with Crippen LogP contribution >= 0.6 is 12.4 Å². The molecule has 124 valence electrons. The lowest BCUT2D eigenvalue weighted by Crippen LogP contribution is -2.49. The van der Waals surface area contributed by atoms with Gasteiger partial charge in [0, 0.05) is 19.8 Å². The zero-order valence-electron chi connectivity index (χ0n) is 13.6. The van der Waals surface area contributed by atoms with Crippen molar-refractivity contribution in [3.05, 3.63) is 34.9 Å². The molecule has 2 rings (SSSR count). The molecule has 1 saturated heterocycles. The molecule has 3 N–H and O–H groups in total. The number of ether oxygens (including phenoxy) is 1. The Morgan fingerprint density at radius 1 is 1.32 bits per heavy atom. The first kappa shape index (κ1) is 18.9. The van der Waals surface area contributed by atoms with Crippen molar-refractivity contribution in [2.24, 2.45) is 11.1 Å². The molecule has 0 saturated carbocycles. The van der Waals surface area contributed by atoms with E-state index in [0.29, 0.717) is 32.6 Å². The predicted molar refractivity (Wildman–Crippen MR) is 91.3 cm³/mol. The van der Waals surface area contributed by atoms with E-state index in [1.54, 1.807) is 0 Å². The summed E-state index contributed by atoms with van der Waals surface area (Å²) in [5, 5.41) is 3.13. The highest BCUT2D eigenvalue weighted by molar-refractivity contribution is 5.85. The van der Waals surface area contributed by atoms with Gasteiger partial charge in [-0.25, -0.2) is 0 Å². The van der Waals surface area contributed by atoms with E-state index in [2.05, 4.69) is 37.4 Å². The van der Waals surface area contributed by atoms with Crippen LogP contribution in [0.1, 0.15) is 42.5 Å². The number of halogens is 1. The van der Waals surface area contributed by atoms with Crippen molar-refractivity contribution in [3.8, 4) is 0 Å². The second kappa shape index (κ2) is 7.95. The number of hydrogen-bond acceptors (Lipinski definition) is 3. The van der Waals surface area contributed by atoms with E-state index in [1.165, 1.54) is 11.1 Å². The van der Waals surface area contributed by atoms with Gasteiger partial charge in [0.1, 0.15) is 0 Å². The van der Waals surface area contributed by atoms with Crippen LogP contribution in [0.4, 0.5) is 0 Å². The Labute approximate surface area is 139 Å². The summed E-state index contributed by atoms with van der Waals surface area (Å²) >= 11 is 0. The molecular formula is C17H27ClN2O2. The second-order valence-corrected chi connectivity index (χ2v) is 6.14. The van der Waals surface area contributed by atoms with E-state index in [1.807, 2.05) is 6.92 Å². The number of aryl methyl sites for hydroxylation is 2. The Morgan fingerprint density at radius 3 is 2.50 bits per heavy atom. The largest absolute Gasteiger partial charge is 0.381 e. The summed E-state index contributed by atoms with van der Waals surface area (Å²) < 4.78 is 5.36. The molecule has 1 aromatic carbocycles. The smallest absolute Gasteiger partial charge is 0.228 e. The fraction of sp³-hybridized carbons (Fsp3) is 0.588. The molecule has 1 unspecified atom stereocenters. The standard InChI is InChI=1S/C17H26N2O2.ClH/c1-12-4-5-15(10-13(12)2)14(3)19-16(20)17(11-18)6-8-21-9-7-17;/h4-5,10,14H,6-9,11,18H2,1-3H3,(H,19,20);1H. The molecule has 1 heterocycles. The van der Waals surface area contributed by atoms with Crippen LogP contribution in [0.3, 0.4) is 0 Å². The Morgan fingerprint density at radius 2 is 1.95 bits per heavy atom. The van der Waals surface area contributed by atoms with E-state index in [9.17, 15) is 4.79 Å². The van der Waals surface area contributed by atoms with Crippen LogP contribution in [0.5, 0.6) is 0 Å². The van der Waals surface area contributed by atoms with Gasteiger partial charge in [-0.1, -0.05) is 18.2 Å². The first-order chi connectivity index (χ1) is 9.98. The summed E-state index contributed by atoms with van der Waals surface area (Å²) in [4.78, 5) is 12.6. The first-order valence-electron chi connectivity index (χ1n) is 7.64. The number of carbonyl (C=O) groups excluding carboxylic acids is 1. The predicted octanol–water partition coefficient (Wildman–Crippen LogP) is 2.66. The van der Waals surface area contributed by atoms with Crippen LogP contribution in [0.15, 0.2) is 18.2 Å². The fourth-order valence-corrected chi connectivity index (χ4v) is 2.75. The third-order valence-electron chi connectivity index (χ3n) is 4.70. The van der Waals surface area contributed by atoms with Crippen LogP contribution in [-0.2, 0) is 9.53 Å². The van der Waals surface area contributed by atoms with Gasteiger partial charge in [0.05, 0.1) is 11.5 Å². The maximum atomic E-state index is 12.6. The van der Waals surface area contributed by atoms with E-state index in [4.69, 9.17) is 10.5 Å². The summed E-state index contributed by atoms with van der Waals surface area (Å²) in [5.41, 5.74) is 9.05. The third-order valence-corrected chi connectivity index (χ3v) is 4.70. The zero-order chi connectivity index (χ0) is 15.5. The first-order valence-corrected chi connectivity index (χ1v) is 7.64. The van der Waals surface area contributed by atoms with Gasteiger partial charge in [-0.3, -0.25) is 4.79 Å². The molecule has 0 spiro atoms. The summed E-state index contributed by atoms with van der Waals surface area (Å²) in [6, 6.07) is 6.30. The number of hydrogen-bond donors (Lipinski definition) is 2.